The third kappa shape index (κ3) is 2.38. The Morgan fingerprint density at radius 1 is 0.789 bits per heavy atom. The highest BCUT2D eigenvalue weighted by Gasteiger charge is 2.37. The van der Waals surface area contributed by atoms with Gasteiger partial charge in [0.15, 0.2) is 0 Å². The van der Waals surface area contributed by atoms with Crippen LogP contribution in [0.15, 0.2) is 48.5 Å². The molecule has 2 aromatic carbocycles. The number of hydrogen-bond acceptors (Lipinski definition) is 1. The SMILES string of the molecule is Clc1ccc(C2(c3ccc(Cl)cc3)CCNC2)cc1. The molecule has 1 aliphatic heterocycles. The Labute approximate surface area is 123 Å². The van der Waals surface area contributed by atoms with Crippen LogP contribution >= 0.6 is 23.2 Å². The summed E-state index contributed by atoms with van der Waals surface area (Å²) in [5, 5.41) is 5.03. The molecule has 1 heterocycles. The molecule has 0 atom stereocenters. The van der Waals surface area contributed by atoms with E-state index >= 15 is 0 Å². The van der Waals surface area contributed by atoms with Crippen molar-refractivity contribution in [3.8, 4) is 0 Å². The van der Waals surface area contributed by atoms with E-state index in [9.17, 15) is 0 Å². The van der Waals surface area contributed by atoms with Crippen molar-refractivity contribution in [3.05, 3.63) is 69.7 Å². The minimum absolute atomic E-state index is 0.0369. The molecule has 1 N–H and O–H groups in total. The standard InChI is InChI=1S/C16H15Cl2N/c17-14-5-1-12(2-6-14)16(9-10-19-11-16)13-3-7-15(18)8-4-13/h1-8,19H,9-11H2. The van der Waals surface area contributed by atoms with Gasteiger partial charge in [0.2, 0.25) is 0 Å². The lowest BCUT2D eigenvalue weighted by Crippen LogP contribution is -2.30. The fraction of sp³-hybridized carbons (Fsp3) is 0.250. The van der Waals surface area contributed by atoms with Gasteiger partial charge in [0.25, 0.3) is 0 Å². The summed E-state index contributed by atoms with van der Waals surface area (Å²) in [6.07, 6.45) is 1.09. The van der Waals surface area contributed by atoms with Crippen LogP contribution in [-0.2, 0) is 5.41 Å². The van der Waals surface area contributed by atoms with E-state index in [0.29, 0.717) is 0 Å². The Hall–Kier alpha value is -1.02. The van der Waals surface area contributed by atoms with Gasteiger partial charge < -0.3 is 5.32 Å². The predicted octanol–water partition coefficient (Wildman–Crippen LogP) is 4.27. The van der Waals surface area contributed by atoms with Crippen LogP contribution in [0.2, 0.25) is 10.0 Å². The molecule has 1 fully saturated rings. The highest BCUT2D eigenvalue weighted by atomic mass is 35.5. The van der Waals surface area contributed by atoms with Crippen LogP contribution in [0.25, 0.3) is 0 Å². The van der Waals surface area contributed by atoms with Crippen LogP contribution in [0, 0.1) is 0 Å². The van der Waals surface area contributed by atoms with Crippen molar-refractivity contribution >= 4 is 23.2 Å². The first-order valence-electron chi connectivity index (χ1n) is 6.43. The maximum atomic E-state index is 6.00. The van der Waals surface area contributed by atoms with Gasteiger partial charge in [-0.2, -0.15) is 0 Å². The van der Waals surface area contributed by atoms with Gasteiger partial charge in [-0.3, -0.25) is 0 Å². The molecule has 3 heteroatoms. The molecule has 3 rings (SSSR count). The Balaban J connectivity index is 2.08. The smallest absolute Gasteiger partial charge is 0.0406 e. The molecule has 0 radical (unpaired) electrons. The Kier molecular flexibility index (Phi) is 3.53. The van der Waals surface area contributed by atoms with Crippen molar-refractivity contribution in [1.82, 2.24) is 5.32 Å². The van der Waals surface area contributed by atoms with Crippen molar-refractivity contribution in [3.63, 3.8) is 0 Å². The molecule has 1 nitrogen and oxygen atoms in total. The zero-order valence-electron chi connectivity index (χ0n) is 10.5. The first-order chi connectivity index (χ1) is 9.21. The summed E-state index contributed by atoms with van der Waals surface area (Å²) in [5.41, 5.74) is 2.66. The van der Waals surface area contributed by atoms with Crippen LogP contribution in [0.3, 0.4) is 0 Å². The number of hydrogen-bond donors (Lipinski definition) is 1. The van der Waals surface area contributed by atoms with Gasteiger partial charge in [-0.25, -0.2) is 0 Å². The molecule has 1 aliphatic rings. The third-order valence-corrected chi connectivity index (χ3v) is 4.45. The lowest BCUT2D eigenvalue weighted by Gasteiger charge is -2.29. The highest BCUT2D eigenvalue weighted by Crippen LogP contribution is 2.38. The molecule has 0 aliphatic carbocycles. The van der Waals surface area contributed by atoms with Crippen LogP contribution < -0.4 is 5.32 Å². The molecule has 0 amide bonds. The zero-order valence-corrected chi connectivity index (χ0v) is 12.0. The maximum Gasteiger partial charge on any atom is 0.0406 e. The van der Waals surface area contributed by atoms with Crippen LogP contribution in [0.1, 0.15) is 17.5 Å². The Morgan fingerprint density at radius 3 is 1.63 bits per heavy atom. The van der Waals surface area contributed by atoms with Gasteiger partial charge in [0.1, 0.15) is 0 Å². The summed E-state index contributed by atoms with van der Waals surface area (Å²) in [6.45, 7) is 1.99. The second-order valence-electron chi connectivity index (χ2n) is 5.02. The summed E-state index contributed by atoms with van der Waals surface area (Å²) in [5.74, 6) is 0. The lowest BCUT2D eigenvalue weighted by atomic mass is 9.74. The number of benzene rings is 2. The van der Waals surface area contributed by atoms with Crippen LogP contribution in [-0.4, -0.2) is 13.1 Å². The minimum atomic E-state index is 0.0369. The lowest BCUT2D eigenvalue weighted by molar-refractivity contribution is 0.570. The van der Waals surface area contributed by atoms with Crippen molar-refractivity contribution in [2.24, 2.45) is 0 Å². The molecule has 0 saturated carbocycles. The van der Waals surface area contributed by atoms with E-state index in [1.54, 1.807) is 0 Å². The maximum absolute atomic E-state index is 6.00. The first kappa shape index (κ1) is 13.0. The number of nitrogens with one attached hydrogen (secondary N) is 1. The van der Waals surface area contributed by atoms with E-state index < -0.39 is 0 Å². The molecule has 0 spiro atoms. The first-order valence-corrected chi connectivity index (χ1v) is 7.19. The van der Waals surface area contributed by atoms with Gasteiger partial charge in [0, 0.05) is 22.0 Å². The summed E-state index contributed by atoms with van der Waals surface area (Å²) < 4.78 is 0. The number of halogens is 2. The molecule has 98 valence electrons. The van der Waals surface area contributed by atoms with Gasteiger partial charge in [0.05, 0.1) is 0 Å². The van der Waals surface area contributed by atoms with Gasteiger partial charge >= 0.3 is 0 Å². The molecule has 0 unspecified atom stereocenters. The second kappa shape index (κ2) is 5.16. The molecule has 19 heavy (non-hydrogen) atoms. The summed E-state index contributed by atoms with van der Waals surface area (Å²) in [7, 11) is 0. The fourth-order valence-corrected chi connectivity index (χ4v) is 3.14. The average Bonchev–Trinajstić information content (AvgIpc) is 2.91. The van der Waals surface area contributed by atoms with Gasteiger partial charge in [-0.05, 0) is 48.4 Å². The summed E-state index contributed by atoms with van der Waals surface area (Å²) in [4.78, 5) is 0. The zero-order chi connectivity index (χ0) is 13.3. The minimum Gasteiger partial charge on any atom is -0.315 e. The van der Waals surface area contributed by atoms with E-state index in [1.165, 1.54) is 11.1 Å². The number of rotatable bonds is 2. The van der Waals surface area contributed by atoms with Crippen molar-refractivity contribution in [1.29, 1.82) is 0 Å². The van der Waals surface area contributed by atoms with E-state index in [-0.39, 0.29) is 5.41 Å². The molecule has 2 aromatic rings. The molecule has 0 bridgehead atoms. The van der Waals surface area contributed by atoms with Crippen molar-refractivity contribution in [2.75, 3.05) is 13.1 Å². The average molecular weight is 292 g/mol. The van der Waals surface area contributed by atoms with Crippen LogP contribution in [0.4, 0.5) is 0 Å². The fourth-order valence-electron chi connectivity index (χ4n) is 2.89. The van der Waals surface area contributed by atoms with E-state index in [2.05, 4.69) is 29.6 Å². The third-order valence-electron chi connectivity index (χ3n) is 3.95. The largest absolute Gasteiger partial charge is 0.315 e. The van der Waals surface area contributed by atoms with E-state index in [4.69, 9.17) is 23.2 Å². The quantitative estimate of drug-likeness (QED) is 0.871. The van der Waals surface area contributed by atoms with Crippen molar-refractivity contribution < 1.29 is 0 Å². The monoisotopic (exact) mass is 291 g/mol. The van der Waals surface area contributed by atoms with Gasteiger partial charge in [-0.15, -0.1) is 0 Å². The van der Waals surface area contributed by atoms with E-state index in [0.717, 1.165) is 29.6 Å². The molecular formula is C16H15Cl2N. The molecular weight excluding hydrogens is 277 g/mol. The van der Waals surface area contributed by atoms with E-state index in [1.807, 2.05) is 24.3 Å². The summed E-state index contributed by atoms with van der Waals surface area (Å²) in [6, 6.07) is 16.4. The van der Waals surface area contributed by atoms with Crippen LogP contribution in [0.5, 0.6) is 0 Å². The Morgan fingerprint density at radius 2 is 1.26 bits per heavy atom. The second-order valence-corrected chi connectivity index (χ2v) is 5.90. The molecule has 1 saturated heterocycles. The topological polar surface area (TPSA) is 12.0 Å². The predicted molar refractivity (Wildman–Crippen MR) is 81.2 cm³/mol. The van der Waals surface area contributed by atoms with Gasteiger partial charge in [-0.1, -0.05) is 47.5 Å². The van der Waals surface area contributed by atoms with Crippen molar-refractivity contribution in [2.45, 2.75) is 11.8 Å². The Bertz CT molecular complexity index is 507. The summed E-state index contributed by atoms with van der Waals surface area (Å²) >= 11 is 12.0. The highest BCUT2D eigenvalue weighted by molar-refractivity contribution is 6.30. The normalized spacial score (nSPS) is 17.6. The molecule has 0 aromatic heterocycles.